The van der Waals surface area contributed by atoms with E-state index in [0.717, 1.165) is 22.5 Å². The Hall–Kier alpha value is -3.33. The summed E-state index contributed by atoms with van der Waals surface area (Å²) in [7, 11) is 0. The van der Waals surface area contributed by atoms with Gasteiger partial charge in [0.1, 0.15) is 0 Å². The maximum atomic E-state index is 4.41. The van der Waals surface area contributed by atoms with Crippen LogP contribution in [-0.2, 0) is 20.1 Å². The van der Waals surface area contributed by atoms with Gasteiger partial charge in [0.2, 0.25) is 0 Å². The summed E-state index contributed by atoms with van der Waals surface area (Å²) in [5.74, 6) is 0. The van der Waals surface area contributed by atoms with Gasteiger partial charge in [-0.25, -0.2) is 0 Å². The second kappa shape index (κ2) is 11.3. The fraction of sp³-hybridized carbons (Fsp3) is 0.0714. The van der Waals surface area contributed by atoms with Gasteiger partial charge in [-0.1, -0.05) is 41.5 Å². The first-order valence-electron chi connectivity index (χ1n) is 10.2. The number of pyridine rings is 1. The third-order valence-electron chi connectivity index (χ3n) is 4.73. The molecule has 0 bridgehead atoms. The van der Waals surface area contributed by atoms with E-state index in [1.165, 1.54) is 16.7 Å². The molecule has 0 aliphatic carbocycles. The molecule has 0 fully saturated rings. The van der Waals surface area contributed by atoms with Crippen LogP contribution in [0.4, 0.5) is 0 Å². The summed E-state index contributed by atoms with van der Waals surface area (Å²) in [4.78, 5) is 4.22. The van der Waals surface area contributed by atoms with Crippen LogP contribution in [0.2, 0.25) is 0 Å². The number of hydrogen-bond acceptors (Lipinski definition) is 2. The van der Waals surface area contributed by atoms with Gasteiger partial charge < -0.3 is 4.98 Å². The minimum Gasteiger partial charge on any atom is -0.305 e. The average Bonchev–Trinajstić information content (AvgIpc) is 3.31. The molecule has 32 heavy (non-hydrogen) atoms. The Morgan fingerprint density at radius 3 is 2.09 bits per heavy atom. The first kappa shape index (κ1) is 23.3. The van der Waals surface area contributed by atoms with Gasteiger partial charge in [0.05, 0.1) is 6.20 Å². The Balaban J connectivity index is 0.000000193. The molecule has 0 atom stereocenters. The van der Waals surface area contributed by atoms with Gasteiger partial charge >= 0.3 is 0 Å². The molecule has 161 valence electrons. The van der Waals surface area contributed by atoms with Crippen molar-refractivity contribution in [3.05, 3.63) is 127 Å². The van der Waals surface area contributed by atoms with E-state index in [1.807, 2.05) is 83.8 Å². The van der Waals surface area contributed by atoms with Crippen LogP contribution < -0.4 is 0 Å². The van der Waals surface area contributed by atoms with E-state index < -0.39 is 0 Å². The normalized spacial score (nSPS) is 9.94. The summed E-state index contributed by atoms with van der Waals surface area (Å²) in [6.45, 7) is 4.23. The fourth-order valence-corrected chi connectivity index (χ4v) is 3.35. The summed E-state index contributed by atoms with van der Waals surface area (Å²) < 4.78 is 1.85. The summed E-state index contributed by atoms with van der Waals surface area (Å²) in [5.41, 5.74) is 7.85. The van der Waals surface area contributed by atoms with Gasteiger partial charge in [-0.3, -0.25) is 4.68 Å². The van der Waals surface area contributed by atoms with E-state index in [4.69, 9.17) is 0 Å². The minimum absolute atomic E-state index is 0. The number of nitrogens with zero attached hydrogens (tertiary/aromatic N) is 3. The standard InChI is InChI=1S/C17H15N2.C11H8N.Ir/c1-13-8-14(2)10-15(9-13)16-11-18-19(12-16)17-6-4-3-5-7-17;1-2-6-10(7-3-1)11-8-4-5-9-12-11;/h3-6,8-12H,1-2H3;1-6,8-9H;/q2*-1;. The second-order valence-corrected chi connectivity index (χ2v) is 7.29. The van der Waals surface area contributed by atoms with Crippen LogP contribution >= 0.6 is 0 Å². The maximum absolute atomic E-state index is 4.41. The number of rotatable bonds is 3. The summed E-state index contributed by atoms with van der Waals surface area (Å²) >= 11 is 0. The molecular weight excluding hydrogens is 571 g/mol. The fourth-order valence-electron chi connectivity index (χ4n) is 3.35. The quantitative estimate of drug-likeness (QED) is 0.224. The third kappa shape index (κ3) is 6.10. The number of para-hydroxylation sites is 1. The van der Waals surface area contributed by atoms with Crippen molar-refractivity contribution in [3.63, 3.8) is 0 Å². The van der Waals surface area contributed by atoms with Gasteiger partial charge in [0.15, 0.2) is 0 Å². The number of aryl methyl sites for hydroxylation is 2. The van der Waals surface area contributed by atoms with Crippen LogP contribution in [0.3, 0.4) is 0 Å². The van der Waals surface area contributed by atoms with Gasteiger partial charge in [-0.15, -0.1) is 42.0 Å². The molecule has 0 unspecified atom stereocenters. The molecular formula is C28H23IrN3-2. The average molecular weight is 594 g/mol. The van der Waals surface area contributed by atoms with E-state index in [0.29, 0.717) is 0 Å². The van der Waals surface area contributed by atoms with Crippen molar-refractivity contribution in [1.82, 2.24) is 14.8 Å². The van der Waals surface area contributed by atoms with Crippen molar-refractivity contribution in [3.8, 4) is 28.1 Å². The molecule has 5 rings (SSSR count). The molecule has 5 aromatic rings. The first-order chi connectivity index (χ1) is 15.2. The number of benzene rings is 3. The molecule has 0 aliphatic heterocycles. The molecule has 0 saturated heterocycles. The zero-order valence-corrected chi connectivity index (χ0v) is 20.4. The zero-order valence-electron chi connectivity index (χ0n) is 18.0. The minimum atomic E-state index is 0. The van der Waals surface area contributed by atoms with Crippen molar-refractivity contribution in [2.24, 2.45) is 0 Å². The van der Waals surface area contributed by atoms with Gasteiger partial charge in [-0.2, -0.15) is 29.4 Å². The topological polar surface area (TPSA) is 30.7 Å². The zero-order chi connectivity index (χ0) is 21.5. The molecule has 3 nitrogen and oxygen atoms in total. The van der Waals surface area contributed by atoms with E-state index >= 15 is 0 Å². The molecule has 0 amide bonds. The Bertz CT molecular complexity index is 1180. The van der Waals surface area contributed by atoms with Crippen LogP contribution in [0.5, 0.6) is 0 Å². The van der Waals surface area contributed by atoms with Crippen LogP contribution in [0.1, 0.15) is 11.1 Å². The Kier molecular flexibility index (Phi) is 8.27. The molecule has 0 saturated carbocycles. The molecule has 3 aromatic carbocycles. The number of aromatic nitrogens is 3. The predicted octanol–water partition coefficient (Wildman–Crippen LogP) is 6.50. The first-order valence-corrected chi connectivity index (χ1v) is 10.2. The molecule has 0 N–H and O–H groups in total. The van der Waals surface area contributed by atoms with E-state index in [2.05, 4.69) is 54.3 Å². The Morgan fingerprint density at radius 1 is 0.750 bits per heavy atom. The smallest absolute Gasteiger partial charge is 0.0571 e. The van der Waals surface area contributed by atoms with E-state index in [9.17, 15) is 0 Å². The van der Waals surface area contributed by atoms with Crippen LogP contribution in [-0.4, -0.2) is 14.8 Å². The van der Waals surface area contributed by atoms with Gasteiger partial charge in [0.25, 0.3) is 0 Å². The van der Waals surface area contributed by atoms with Crippen molar-refractivity contribution in [1.29, 1.82) is 0 Å². The summed E-state index contributed by atoms with van der Waals surface area (Å²) in [5, 5.41) is 4.41. The Labute approximate surface area is 203 Å². The SMILES string of the molecule is Cc1cc(C)cc(-c2cnn(-c3[c-]cccc3)c2)c1.[Ir].[c-]1ccccc1-c1ccccn1. The van der Waals surface area contributed by atoms with Gasteiger partial charge in [0, 0.05) is 38.1 Å². The van der Waals surface area contributed by atoms with Crippen molar-refractivity contribution < 1.29 is 20.1 Å². The Morgan fingerprint density at radius 2 is 1.47 bits per heavy atom. The number of hydrogen-bond donors (Lipinski definition) is 0. The van der Waals surface area contributed by atoms with Gasteiger partial charge in [-0.05, 0) is 36.9 Å². The van der Waals surface area contributed by atoms with E-state index in [-0.39, 0.29) is 20.1 Å². The van der Waals surface area contributed by atoms with Crippen molar-refractivity contribution in [2.75, 3.05) is 0 Å². The van der Waals surface area contributed by atoms with Crippen molar-refractivity contribution >= 4 is 0 Å². The van der Waals surface area contributed by atoms with E-state index in [1.54, 1.807) is 6.20 Å². The third-order valence-corrected chi connectivity index (χ3v) is 4.73. The van der Waals surface area contributed by atoms with Crippen molar-refractivity contribution in [2.45, 2.75) is 13.8 Å². The van der Waals surface area contributed by atoms with Crippen LogP contribution in [0, 0.1) is 26.0 Å². The summed E-state index contributed by atoms with van der Waals surface area (Å²) in [6.07, 6.45) is 5.73. The molecule has 2 aromatic heterocycles. The van der Waals surface area contributed by atoms with Crippen LogP contribution in [0.25, 0.3) is 28.1 Å². The molecule has 0 aliphatic rings. The maximum Gasteiger partial charge on any atom is 0.0571 e. The molecule has 1 radical (unpaired) electrons. The monoisotopic (exact) mass is 594 g/mol. The molecule has 4 heteroatoms. The molecule has 2 heterocycles. The largest absolute Gasteiger partial charge is 0.305 e. The van der Waals surface area contributed by atoms with Crippen LogP contribution in [0.15, 0.2) is 104 Å². The predicted molar refractivity (Wildman–Crippen MR) is 126 cm³/mol. The summed E-state index contributed by atoms with van der Waals surface area (Å²) in [6, 6.07) is 34.4. The molecule has 0 spiro atoms. The second-order valence-electron chi connectivity index (χ2n) is 7.29.